The van der Waals surface area contributed by atoms with Gasteiger partial charge in [-0.3, -0.25) is 4.98 Å². The van der Waals surface area contributed by atoms with E-state index in [9.17, 15) is 0 Å². The van der Waals surface area contributed by atoms with E-state index in [1.54, 1.807) is 12.4 Å². The van der Waals surface area contributed by atoms with Crippen LogP contribution >= 0.6 is 0 Å². The zero-order chi connectivity index (χ0) is 19.2. The number of piperidine rings is 1. The minimum absolute atomic E-state index is 0.498. The first-order chi connectivity index (χ1) is 13.8. The first kappa shape index (κ1) is 18.4. The Morgan fingerprint density at radius 1 is 1.07 bits per heavy atom. The first-order valence-corrected chi connectivity index (χ1v) is 10.0. The summed E-state index contributed by atoms with van der Waals surface area (Å²) in [5, 5.41) is 0. The number of anilines is 1. The van der Waals surface area contributed by atoms with E-state index >= 15 is 0 Å². The van der Waals surface area contributed by atoms with Gasteiger partial charge in [0.2, 0.25) is 0 Å². The molecular weight excluding hydrogens is 348 g/mol. The molecule has 0 radical (unpaired) electrons. The number of aromatic nitrogens is 3. The second-order valence-corrected chi connectivity index (χ2v) is 7.21. The minimum Gasteiger partial charge on any atom is -0.493 e. The monoisotopic (exact) mass is 374 g/mol. The largest absolute Gasteiger partial charge is 0.493 e. The summed E-state index contributed by atoms with van der Waals surface area (Å²) in [6.45, 7) is 4.86. The molecule has 1 aliphatic heterocycles. The normalized spacial score (nSPS) is 16.8. The number of hydrogen-bond donors (Lipinski definition) is 0. The predicted molar refractivity (Wildman–Crippen MR) is 112 cm³/mol. The standard InChI is InChI=1S/C23H26N4O/c1-2-20-15-22(26-23(25-20)19-10-12-24-13-11-19)27-14-6-7-18(16-27)17-28-21-8-4-3-5-9-21/h3-5,8-13,15,18H,2,6-7,14,16-17H2,1H3. The van der Waals surface area contributed by atoms with E-state index in [0.717, 1.165) is 61.2 Å². The molecule has 28 heavy (non-hydrogen) atoms. The Balaban J connectivity index is 1.49. The number of ether oxygens (including phenoxy) is 1. The van der Waals surface area contributed by atoms with E-state index in [-0.39, 0.29) is 0 Å². The van der Waals surface area contributed by atoms with E-state index in [4.69, 9.17) is 14.7 Å². The smallest absolute Gasteiger partial charge is 0.161 e. The second-order valence-electron chi connectivity index (χ2n) is 7.21. The molecule has 4 rings (SSSR count). The molecule has 0 aliphatic carbocycles. The number of rotatable bonds is 6. The zero-order valence-corrected chi connectivity index (χ0v) is 16.3. The van der Waals surface area contributed by atoms with Crippen LogP contribution in [0.4, 0.5) is 5.82 Å². The summed E-state index contributed by atoms with van der Waals surface area (Å²) in [6, 6.07) is 16.1. The third kappa shape index (κ3) is 4.47. The lowest BCUT2D eigenvalue weighted by Gasteiger charge is -2.33. The van der Waals surface area contributed by atoms with Crippen LogP contribution in [0.15, 0.2) is 60.9 Å². The van der Waals surface area contributed by atoms with Crippen molar-refractivity contribution in [3.63, 3.8) is 0 Å². The molecule has 1 aromatic carbocycles. The van der Waals surface area contributed by atoms with Gasteiger partial charge in [0.15, 0.2) is 5.82 Å². The third-order valence-corrected chi connectivity index (χ3v) is 5.14. The van der Waals surface area contributed by atoms with Gasteiger partial charge in [0.05, 0.1) is 6.61 Å². The molecule has 0 bridgehead atoms. The number of benzene rings is 1. The Labute approximate surface area is 166 Å². The van der Waals surface area contributed by atoms with E-state index in [0.29, 0.717) is 5.92 Å². The Bertz CT molecular complexity index is 886. The highest BCUT2D eigenvalue weighted by molar-refractivity contribution is 5.57. The molecule has 0 N–H and O–H groups in total. The molecule has 1 unspecified atom stereocenters. The van der Waals surface area contributed by atoms with Gasteiger partial charge in [0.1, 0.15) is 11.6 Å². The molecule has 0 spiro atoms. The molecule has 3 heterocycles. The summed E-state index contributed by atoms with van der Waals surface area (Å²) < 4.78 is 6.00. The van der Waals surface area contributed by atoms with Gasteiger partial charge in [-0.05, 0) is 43.5 Å². The molecule has 5 nitrogen and oxygen atoms in total. The van der Waals surface area contributed by atoms with Gasteiger partial charge < -0.3 is 9.64 Å². The molecule has 5 heteroatoms. The Hall–Kier alpha value is -2.95. The maximum absolute atomic E-state index is 6.00. The van der Waals surface area contributed by atoms with Crippen molar-refractivity contribution in [1.82, 2.24) is 15.0 Å². The molecule has 1 atom stereocenters. The third-order valence-electron chi connectivity index (χ3n) is 5.14. The van der Waals surface area contributed by atoms with Gasteiger partial charge >= 0.3 is 0 Å². The van der Waals surface area contributed by atoms with E-state index in [1.165, 1.54) is 6.42 Å². The Morgan fingerprint density at radius 3 is 2.68 bits per heavy atom. The average molecular weight is 374 g/mol. The van der Waals surface area contributed by atoms with Crippen LogP contribution in [-0.4, -0.2) is 34.6 Å². The van der Waals surface area contributed by atoms with Gasteiger partial charge in [0, 0.05) is 48.7 Å². The van der Waals surface area contributed by atoms with Gasteiger partial charge in [-0.1, -0.05) is 25.1 Å². The zero-order valence-electron chi connectivity index (χ0n) is 16.3. The van der Waals surface area contributed by atoms with Crippen LogP contribution in [0.1, 0.15) is 25.5 Å². The average Bonchev–Trinajstić information content (AvgIpc) is 2.79. The molecule has 2 aromatic heterocycles. The van der Waals surface area contributed by atoms with Gasteiger partial charge in [-0.25, -0.2) is 9.97 Å². The number of para-hydroxylation sites is 1. The lowest BCUT2D eigenvalue weighted by Crippen LogP contribution is -2.38. The topological polar surface area (TPSA) is 51.1 Å². The number of hydrogen-bond acceptors (Lipinski definition) is 5. The molecule has 0 saturated carbocycles. The van der Waals surface area contributed by atoms with Crippen molar-refractivity contribution >= 4 is 5.82 Å². The summed E-state index contributed by atoms with van der Waals surface area (Å²) in [5.41, 5.74) is 2.08. The maximum Gasteiger partial charge on any atom is 0.161 e. The SMILES string of the molecule is CCc1cc(N2CCCC(COc3ccccc3)C2)nc(-c2ccncc2)n1. The van der Waals surface area contributed by atoms with Crippen LogP contribution in [0.25, 0.3) is 11.4 Å². The van der Waals surface area contributed by atoms with Crippen molar-refractivity contribution < 1.29 is 4.74 Å². The number of pyridine rings is 1. The number of aryl methyl sites for hydroxylation is 1. The first-order valence-electron chi connectivity index (χ1n) is 10.0. The van der Waals surface area contributed by atoms with Crippen LogP contribution in [0.2, 0.25) is 0 Å². The lowest BCUT2D eigenvalue weighted by atomic mass is 9.99. The van der Waals surface area contributed by atoms with Crippen LogP contribution < -0.4 is 9.64 Å². The highest BCUT2D eigenvalue weighted by Crippen LogP contribution is 2.25. The van der Waals surface area contributed by atoms with Crippen LogP contribution in [0, 0.1) is 5.92 Å². The lowest BCUT2D eigenvalue weighted by molar-refractivity contribution is 0.228. The molecule has 0 amide bonds. The van der Waals surface area contributed by atoms with Crippen LogP contribution in [0.3, 0.4) is 0 Å². The summed E-state index contributed by atoms with van der Waals surface area (Å²) in [7, 11) is 0. The van der Waals surface area contributed by atoms with E-state index in [2.05, 4.69) is 22.9 Å². The fourth-order valence-electron chi connectivity index (χ4n) is 3.60. The summed E-state index contributed by atoms with van der Waals surface area (Å²) in [5.74, 6) is 3.23. The molecule has 1 aliphatic rings. The van der Waals surface area contributed by atoms with Gasteiger partial charge in [-0.15, -0.1) is 0 Å². The quantitative estimate of drug-likeness (QED) is 0.640. The van der Waals surface area contributed by atoms with E-state index < -0.39 is 0 Å². The van der Waals surface area contributed by atoms with Gasteiger partial charge in [0.25, 0.3) is 0 Å². The van der Waals surface area contributed by atoms with Crippen molar-refractivity contribution in [2.24, 2.45) is 5.92 Å². The molecule has 3 aromatic rings. The van der Waals surface area contributed by atoms with Crippen molar-refractivity contribution in [3.05, 3.63) is 66.6 Å². The van der Waals surface area contributed by atoms with Crippen molar-refractivity contribution in [2.45, 2.75) is 26.2 Å². The maximum atomic E-state index is 6.00. The molecule has 1 fully saturated rings. The van der Waals surface area contributed by atoms with E-state index in [1.807, 2.05) is 42.5 Å². The van der Waals surface area contributed by atoms with Crippen molar-refractivity contribution in [2.75, 3.05) is 24.6 Å². The summed E-state index contributed by atoms with van der Waals surface area (Å²) >= 11 is 0. The molecule has 144 valence electrons. The summed E-state index contributed by atoms with van der Waals surface area (Å²) in [4.78, 5) is 16.1. The minimum atomic E-state index is 0.498. The van der Waals surface area contributed by atoms with Gasteiger partial charge in [-0.2, -0.15) is 0 Å². The highest BCUT2D eigenvalue weighted by Gasteiger charge is 2.22. The highest BCUT2D eigenvalue weighted by atomic mass is 16.5. The van der Waals surface area contributed by atoms with Crippen molar-refractivity contribution in [3.8, 4) is 17.1 Å². The van der Waals surface area contributed by atoms with Crippen LogP contribution in [-0.2, 0) is 6.42 Å². The summed E-state index contributed by atoms with van der Waals surface area (Å²) in [6.07, 6.45) is 6.80. The van der Waals surface area contributed by atoms with Crippen molar-refractivity contribution in [1.29, 1.82) is 0 Å². The van der Waals surface area contributed by atoms with Crippen LogP contribution in [0.5, 0.6) is 5.75 Å². The second kappa shape index (κ2) is 8.83. The Morgan fingerprint density at radius 2 is 1.89 bits per heavy atom. The number of nitrogens with zero attached hydrogens (tertiary/aromatic N) is 4. The molecular formula is C23H26N4O. The molecule has 1 saturated heterocycles. The fourth-order valence-corrected chi connectivity index (χ4v) is 3.60. The fraction of sp³-hybridized carbons (Fsp3) is 0.348. The Kier molecular flexibility index (Phi) is 5.80. The predicted octanol–water partition coefficient (Wildman–Crippen LogP) is 4.40.